The van der Waals surface area contributed by atoms with Crippen molar-refractivity contribution in [2.45, 2.75) is 0 Å². The fourth-order valence-electron chi connectivity index (χ4n) is 0.970. The molecule has 12 heavy (non-hydrogen) atoms. The summed E-state index contributed by atoms with van der Waals surface area (Å²) in [5.41, 5.74) is 0.382. The Bertz CT molecular complexity index is 418. The van der Waals surface area contributed by atoms with Crippen LogP contribution in [0.4, 0.5) is 0 Å². The van der Waals surface area contributed by atoms with Crippen molar-refractivity contribution in [1.82, 2.24) is 9.38 Å². The molecule has 2 rings (SSSR count). The first-order chi connectivity index (χ1) is 5.83. The predicted octanol–water partition coefficient (Wildman–Crippen LogP) is 1.18. The summed E-state index contributed by atoms with van der Waals surface area (Å²) in [5.74, 6) is -0.389. The normalized spacial score (nSPS) is 10.4. The zero-order chi connectivity index (χ0) is 8.55. The molecule has 4 nitrogen and oxygen atoms in total. The van der Waals surface area contributed by atoms with Gasteiger partial charge in [0.1, 0.15) is 11.2 Å². The highest BCUT2D eigenvalue weighted by molar-refractivity contribution is 7.15. The molecule has 62 valence electrons. The summed E-state index contributed by atoms with van der Waals surface area (Å²) >= 11 is 1.46. The molecule has 0 aliphatic carbocycles. The highest BCUT2D eigenvalue weighted by Gasteiger charge is 2.13. The summed E-state index contributed by atoms with van der Waals surface area (Å²) < 4.78 is 6.35. The average molecular weight is 182 g/mol. The fourth-order valence-corrected chi connectivity index (χ4v) is 1.77. The predicted molar refractivity (Wildman–Crippen MR) is 44.4 cm³/mol. The molecule has 0 aliphatic heterocycles. The van der Waals surface area contributed by atoms with Crippen molar-refractivity contribution in [2.75, 3.05) is 7.11 Å². The average Bonchev–Trinajstić information content (AvgIpc) is 2.62. The molecule has 0 aliphatic rings. The molecule has 0 saturated heterocycles. The SMILES string of the molecule is COC(=O)c1ncn2ccsc12. The first-order valence-corrected chi connectivity index (χ1v) is 4.19. The second kappa shape index (κ2) is 2.60. The molecule has 0 atom stereocenters. The van der Waals surface area contributed by atoms with Gasteiger partial charge in [-0.2, -0.15) is 0 Å². The third-order valence-electron chi connectivity index (χ3n) is 1.53. The lowest BCUT2D eigenvalue weighted by atomic mass is 10.5. The minimum absolute atomic E-state index is 0.382. The largest absolute Gasteiger partial charge is 0.464 e. The molecule has 0 N–H and O–H groups in total. The maximum atomic E-state index is 11.1. The molecule has 0 aromatic carbocycles. The van der Waals surface area contributed by atoms with Crippen LogP contribution in [-0.4, -0.2) is 22.5 Å². The zero-order valence-electron chi connectivity index (χ0n) is 6.35. The number of aromatic nitrogens is 2. The van der Waals surface area contributed by atoms with Crippen LogP contribution in [0.3, 0.4) is 0 Å². The number of carbonyl (C=O) groups excluding carboxylic acids is 1. The van der Waals surface area contributed by atoms with Crippen LogP contribution in [0.2, 0.25) is 0 Å². The molecule has 0 bridgehead atoms. The quantitative estimate of drug-likeness (QED) is 0.622. The van der Waals surface area contributed by atoms with Crippen molar-refractivity contribution in [3.63, 3.8) is 0 Å². The summed E-state index contributed by atoms with van der Waals surface area (Å²) in [5, 5.41) is 1.89. The zero-order valence-corrected chi connectivity index (χ0v) is 7.17. The molecule has 0 fully saturated rings. The van der Waals surface area contributed by atoms with Crippen LogP contribution >= 0.6 is 11.3 Å². The van der Waals surface area contributed by atoms with Gasteiger partial charge in [-0.25, -0.2) is 9.78 Å². The number of methoxy groups -OCH3 is 1. The lowest BCUT2D eigenvalue weighted by Gasteiger charge is -1.91. The van der Waals surface area contributed by atoms with E-state index in [9.17, 15) is 4.79 Å². The molecule has 2 aromatic heterocycles. The summed E-state index contributed by atoms with van der Waals surface area (Å²) in [4.78, 5) is 15.8. The summed E-state index contributed by atoms with van der Waals surface area (Å²) in [7, 11) is 1.35. The number of nitrogens with zero attached hydrogens (tertiary/aromatic N) is 2. The Hall–Kier alpha value is -1.36. The standard InChI is InChI=1S/C7H6N2O2S/c1-11-7(10)5-6-9(4-8-5)2-3-12-6/h2-4H,1H3. The van der Waals surface area contributed by atoms with Crippen LogP contribution in [0.5, 0.6) is 0 Å². The van der Waals surface area contributed by atoms with Gasteiger partial charge >= 0.3 is 5.97 Å². The molecule has 2 heterocycles. The van der Waals surface area contributed by atoms with E-state index in [-0.39, 0.29) is 5.97 Å². The van der Waals surface area contributed by atoms with Crippen molar-refractivity contribution in [3.05, 3.63) is 23.6 Å². The maximum absolute atomic E-state index is 11.1. The Morgan fingerprint density at radius 3 is 3.33 bits per heavy atom. The molecule has 0 spiro atoms. The Labute approximate surface area is 72.4 Å². The molecule has 5 heteroatoms. The third kappa shape index (κ3) is 0.902. The van der Waals surface area contributed by atoms with E-state index in [2.05, 4.69) is 9.72 Å². The maximum Gasteiger partial charge on any atom is 0.359 e. The van der Waals surface area contributed by atoms with Gasteiger partial charge in [-0.15, -0.1) is 11.3 Å². The van der Waals surface area contributed by atoms with Crippen LogP contribution in [0.1, 0.15) is 10.5 Å². The van der Waals surface area contributed by atoms with E-state index in [1.54, 1.807) is 10.7 Å². The number of hydrogen-bond donors (Lipinski definition) is 0. The highest BCUT2D eigenvalue weighted by atomic mass is 32.1. The number of hydrogen-bond acceptors (Lipinski definition) is 4. The van der Waals surface area contributed by atoms with E-state index < -0.39 is 0 Å². The first kappa shape index (κ1) is 7.30. The topological polar surface area (TPSA) is 43.6 Å². The minimum Gasteiger partial charge on any atom is -0.464 e. The van der Waals surface area contributed by atoms with Gasteiger partial charge in [0.25, 0.3) is 0 Å². The second-order valence-electron chi connectivity index (χ2n) is 2.20. The first-order valence-electron chi connectivity index (χ1n) is 3.31. The second-order valence-corrected chi connectivity index (χ2v) is 3.09. The molecule has 0 amide bonds. The van der Waals surface area contributed by atoms with Gasteiger partial charge in [-0.1, -0.05) is 0 Å². The monoisotopic (exact) mass is 182 g/mol. The highest BCUT2D eigenvalue weighted by Crippen LogP contribution is 2.16. The van der Waals surface area contributed by atoms with Gasteiger partial charge in [-0.3, -0.25) is 4.40 Å². The van der Waals surface area contributed by atoms with E-state index in [1.165, 1.54) is 18.4 Å². The van der Waals surface area contributed by atoms with Crippen LogP contribution in [0.15, 0.2) is 17.9 Å². The van der Waals surface area contributed by atoms with Crippen molar-refractivity contribution in [1.29, 1.82) is 0 Å². The lowest BCUT2D eigenvalue weighted by molar-refractivity contribution is 0.0597. The van der Waals surface area contributed by atoms with E-state index in [0.29, 0.717) is 5.69 Å². The Kier molecular flexibility index (Phi) is 1.58. The molecule has 0 radical (unpaired) electrons. The minimum atomic E-state index is -0.389. The Morgan fingerprint density at radius 2 is 2.58 bits per heavy atom. The number of esters is 1. The van der Waals surface area contributed by atoms with Gasteiger partial charge in [-0.05, 0) is 0 Å². The Balaban J connectivity index is 2.61. The molecular weight excluding hydrogens is 176 g/mol. The number of carbonyl (C=O) groups is 1. The number of fused-ring (bicyclic) bond motifs is 1. The summed E-state index contributed by atoms with van der Waals surface area (Å²) in [6.45, 7) is 0. The van der Waals surface area contributed by atoms with E-state index in [0.717, 1.165) is 4.83 Å². The summed E-state index contributed by atoms with van der Waals surface area (Å²) in [6, 6.07) is 0. The van der Waals surface area contributed by atoms with Gasteiger partial charge < -0.3 is 4.74 Å². The molecular formula is C7H6N2O2S. The van der Waals surface area contributed by atoms with E-state index in [4.69, 9.17) is 0 Å². The fraction of sp³-hybridized carbons (Fsp3) is 0.143. The van der Waals surface area contributed by atoms with Crippen LogP contribution in [-0.2, 0) is 4.74 Å². The van der Waals surface area contributed by atoms with Crippen LogP contribution < -0.4 is 0 Å². The molecule has 0 unspecified atom stereocenters. The van der Waals surface area contributed by atoms with Gasteiger partial charge in [0.05, 0.1) is 7.11 Å². The van der Waals surface area contributed by atoms with Crippen molar-refractivity contribution in [3.8, 4) is 0 Å². The molecule has 0 saturated carbocycles. The smallest absolute Gasteiger partial charge is 0.359 e. The summed E-state index contributed by atoms with van der Waals surface area (Å²) in [6.07, 6.45) is 3.44. The van der Waals surface area contributed by atoms with Crippen molar-refractivity contribution in [2.24, 2.45) is 0 Å². The molecule has 2 aromatic rings. The van der Waals surface area contributed by atoms with Gasteiger partial charge in [0, 0.05) is 11.6 Å². The van der Waals surface area contributed by atoms with Gasteiger partial charge in [0.2, 0.25) is 0 Å². The van der Waals surface area contributed by atoms with Crippen LogP contribution in [0.25, 0.3) is 4.83 Å². The number of imidazole rings is 1. The van der Waals surface area contributed by atoms with Crippen molar-refractivity contribution >= 4 is 22.1 Å². The van der Waals surface area contributed by atoms with Crippen molar-refractivity contribution < 1.29 is 9.53 Å². The van der Waals surface area contributed by atoms with Crippen LogP contribution in [0, 0.1) is 0 Å². The van der Waals surface area contributed by atoms with E-state index >= 15 is 0 Å². The van der Waals surface area contributed by atoms with Gasteiger partial charge in [0.15, 0.2) is 5.69 Å². The number of ether oxygens (including phenoxy) is 1. The Morgan fingerprint density at radius 1 is 1.75 bits per heavy atom. The van der Waals surface area contributed by atoms with E-state index in [1.807, 2.05) is 11.6 Å². The number of rotatable bonds is 1. The third-order valence-corrected chi connectivity index (χ3v) is 2.41. The lowest BCUT2D eigenvalue weighted by Crippen LogP contribution is -2.01. The number of thiazole rings is 1.